The van der Waals surface area contributed by atoms with Gasteiger partial charge in [0.1, 0.15) is 11.6 Å². The number of piperazine rings is 1. The van der Waals surface area contributed by atoms with Gasteiger partial charge in [0.15, 0.2) is 0 Å². The lowest BCUT2D eigenvalue weighted by atomic mass is 9.84. The lowest BCUT2D eigenvalue weighted by Crippen LogP contribution is -2.49. The fourth-order valence-electron chi connectivity index (χ4n) is 5.71. The summed E-state index contributed by atoms with van der Waals surface area (Å²) >= 11 is 0. The van der Waals surface area contributed by atoms with Gasteiger partial charge in [0.05, 0.1) is 5.69 Å². The monoisotopic (exact) mass is 417 g/mol. The number of hydrogen-bond donors (Lipinski definition) is 1. The maximum atomic E-state index is 12.8. The summed E-state index contributed by atoms with van der Waals surface area (Å²) in [6, 6.07) is 6.69. The molecule has 1 atom stereocenters. The van der Waals surface area contributed by atoms with Crippen LogP contribution in [0.2, 0.25) is 0 Å². The Hall–Kier alpha value is -2.47. The van der Waals surface area contributed by atoms with Crippen LogP contribution in [0.25, 0.3) is 5.57 Å². The second-order valence-electron chi connectivity index (χ2n) is 9.97. The summed E-state index contributed by atoms with van der Waals surface area (Å²) in [6.45, 7) is 6.14. The molecule has 1 saturated heterocycles. The molecule has 2 aromatic rings. The molecule has 1 saturated carbocycles. The minimum atomic E-state index is 0.106. The van der Waals surface area contributed by atoms with Crippen molar-refractivity contribution in [2.24, 2.45) is 5.41 Å². The molecule has 0 amide bonds. The van der Waals surface area contributed by atoms with Crippen molar-refractivity contribution in [3.63, 3.8) is 0 Å². The molecule has 2 fully saturated rings. The molecule has 0 aromatic carbocycles. The zero-order valence-corrected chi connectivity index (χ0v) is 18.4. The Morgan fingerprint density at radius 1 is 1.06 bits per heavy atom. The van der Waals surface area contributed by atoms with Crippen molar-refractivity contribution in [3.05, 3.63) is 57.4 Å². The Bertz CT molecular complexity index is 1090. The summed E-state index contributed by atoms with van der Waals surface area (Å²) in [5.74, 6) is 1.91. The number of pyridine rings is 1. The van der Waals surface area contributed by atoms with Crippen LogP contribution in [0.15, 0.2) is 29.1 Å². The molecule has 4 aliphatic rings. The van der Waals surface area contributed by atoms with Gasteiger partial charge < -0.3 is 9.88 Å². The predicted molar refractivity (Wildman–Crippen MR) is 122 cm³/mol. The van der Waals surface area contributed by atoms with Crippen molar-refractivity contribution in [1.29, 1.82) is 0 Å². The molecule has 162 valence electrons. The van der Waals surface area contributed by atoms with Gasteiger partial charge in [0.2, 0.25) is 0 Å². The van der Waals surface area contributed by atoms with Gasteiger partial charge in [-0.15, -0.1) is 0 Å². The summed E-state index contributed by atoms with van der Waals surface area (Å²) < 4.78 is 0. The normalized spacial score (nSPS) is 24.9. The molecular formula is C25H31N5O. The number of anilines is 1. The molecule has 1 spiro atoms. The lowest BCUT2D eigenvalue weighted by Gasteiger charge is -2.38. The number of rotatable bonds is 3. The first kappa shape index (κ1) is 19.2. The van der Waals surface area contributed by atoms with E-state index >= 15 is 0 Å². The quantitative estimate of drug-likeness (QED) is 0.831. The van der Waals surface area contributed by atoms with E-state index in [0.717, 1.165) is 80.5 Å². The van der Waals surface area contributed by atoms with Crippen molar-refractivity contribution in [3.8, 4) is 0 Å². The van der Waals surface area contributed by atoms with Gasteiger partial charge in [-0.25, -0.2) is 9.97 Å². The van der Waals surface area contributed by atoms with Crippen LogP contribution in [-0.4, -0.2) is 52.1 Å². The van der Waals surface area contributed by atoms with E-state index in [2.05, 4.69) is 38.0 Å². The van der Waals surface area contributed by atoms with E-state index in [9.17, 15) is 4.79 Å². The number of aromatic nitrogens is 3. The summed E-state index contributed by atoms with van der Waals surface area (Å²) in [6.07, 6.45) is 10.2. The number of aromatic amines is 1. The number of H-pyrrole nitrogens is 1. The van der Waals surface area contributed by atoms with Gasteiger partial charge in [0, 0.05) is 43.5 Å². The second-order valence-corrected chi connectivity index (χ2v) is 9.97. The van der Waals surface area contributed by atoms with Gasteiger partial charge in [-0.2, -0.15) is 0 Å². The van der Waals surface area contributed by atoms with Crippen molar-refractivity contribution in [1.82, 2.24) is 19.9 Å². The third-order valence-electron chi connectivity index (χ3n) is 7.89. The molecule has 31 heavy (non-hydrogen) atoms. The van der Waals surface area contributed by atoms with E-state index in [-0.39, 0.29) is 5.56 Å². The first-order chi connectivity index (χ1) is 15.1. The van der Waals surface area contributed by atoms with E-state index in [1.165, 1.54) is 24.8 Å². The Morgan fingerprint density at radius 3 is 2.68 bits per heavy atom. The SMILES string of the molecule is Cc1cccc(N2CCN([C@H]3C=C(c4nc5c(c(=O)[nH]4)CC4(CC5)CC4)CC3)CC2)n1. The third-order valence-corrected chi connectivity index (χ3v) is 7.89. The van der Waals surface area contributed by atoms with Crippen molar-refractivity contribution in [2.75, 3.05) is 31.1 Å². The van der Waals surface area contributed by atoms with E-state index in [1.54, 1.807) is 0 Å². The number of allylic oxidation sites excluding steroid dienone is 1. The highest BCUT2D eigenvalue weighted by Gasteiger charge is 2.45. The highest BCUT2D eigenvalue weighted by molar-refractivity contribution is 5.63. The first-order valence-corrected chi connectivity index (χ1v) is 11.8. The zero-order valence-electron chi connectivity index (χ0n) is 18.4. The molecule has 6 rings (SSSR count). The predicted octanol–water partition coefficient (Wildman–Crippen LogP) is 3.11. The molecule has 6 nitrogen and oxygen atoms in total. The average molecular weight is 418 g/mol. The minimum absolute atomic E-state index is 0.106. The number of aryl methyl sites for hydroxylation is 2. The van der Waals surface area contributed by atoms with Gasteiger partial charge in [-0.3, -0.25) is 9.69 Å². The topological polar surface area (TPSA) is 65.1 Å². The van der Waals surface area contributed by atoms with Crippen LogP contribution >= 0.6 is 0 Å². The third kappa shape index (κ3) is 3.61. The van der Waals surface area contributed by atoms with E-state index in [1.807, 2.05) is 13.0 Å². The molecule has 0 bridgehead atoms. The van der Waals surface area contributed by atoms with Crippen LogP contribution < -0.4 is 10.5 Å². The van der Waals surface area contributed by atoms with Crippen LogP contribution in [0.3, 0.4) is 0 Å². The van der Waals surface area contributed by atoms with Crippen molar-refractivity contribution < 1.29 is 0 Å². The summed E-state index contributed by atoms with van der Waals surface area (Å²) in [4.78, 5) is 30.5. The van der Waals surface area contributed by atoms with Gasteiger partial charge in [-0.05, 0) is 75.0 Å². The van der Waals surface area contributed by atoms with Crippen LogP contribution in [0.4, 0.5) is 5.82 Å². The van der Waals surface area contributed by atoms with E-state index < -0.39 is 0 Å². The Morgan fingerprint density at radius 2 is 1.90 bits per heavy atom. The summed E-state index contributed by atoms with van der Waals surface area (Å²) in [7, 11) is 0. The molecule has 1 N–H and O–H groups in total. The number of fused-ring (bicyclic) bond motifs is 1. The molecular weight excluding hydrogens is 386 g/mol. The standard InChI is InChI=1S/C25H31N5O/c1-17-3-2-4-22(26-17)30-13-11-29(12-14-30)19-6-5-18(15-19)23-27-21-7-8-25(9-10-25)16-20(21)24(31)28-23/h2-4,15,19H,5-14,16H2,1H3,(H,27,28,31)/t19-/m1/s1. The average Bonchev–Trinajstić information content (AvgIpc) is 3.34. The fourth-order valence-corrected chi connectivity index (χ4v) is 5.71. The number of hydrogen-bond acceptors (Lipinski definition) is 5. The van der Waals surface area contributed by atoms with Crippen molar-refractivity contribution >= 4 is 11.4 Å². The van der Waals surface area contributed by atoms with E-state index in [4.69, 9.17) is 4.98 Å². The van der Waals surface area contributed by atoms with Crippen LogP contribution in [0.1, 0.15) is 54.9 Å². The Balaban J connectivity index is 1.15. The first-order valence-electron chi connectivity index (χ1n) is 11.8. The van der Waals surface area contributed by atoms with Gasteiger partial charge in [0.25, 0.3) is 5.56 Å². The molecule has 0 radical (unpaired) electrons. The lowest BCUT2D eigenvalue weighted by molar-refractivity contribution is 0.214. The number of nitrogens with zero attached hydrogens (tertiary/aromatic N) is 4. The van der Waals surface area contributed by atoms with E-state index in [0.29, 0.717) is 11.5 Å². The molecule has 2 aromatic heterocycles. The molecule has 3 heterocycles. The molecule has 6 heteroatoms. The highest BCUT2D eigenvalue weighted by Crippen LogP contribution is 2.53. The van der Waals surface area contributed by atoms with Crippen molar-refractivity contribution in [2.45, 2.75) is 57.9 Å². The number of nitrogens with one attached hydrogen (secondary N) is 1. The maximum absolute atomic E-state index is 12.8. The minimum Gasteiger partial charge on any atom is -0.354 e. The fraction of sp³-hybridized carbons (Fsp3) is 0.560. The largest absolute Gasteiger partial charge is 0.354 e. The van der Waals surface area contributed by atoms with Crippen LogP contribution in [-0.2, 0) is 12.8 Å². The maximum Gasteiger partial charge on any atom is 0.254 e. The molecule has 0 unspecified atom stereocenters. The Kier molecular flexibility index (Phi) is 4.53. The molecule has 3 aliphatic carbocycles. The zero-order chi connectivity index (χ0) is 21.0. The highest BCUT2D eigenvalue weighted by atomic mass is 16.1. The van der Waals surface area contributed by atoms with Crippen LogP contribution in [0.5, 0.6) is 0 Å². The molecule has 1 aliphatic heterocycles. The summed E-state index contributed by atoms with van der Waals surface area (Å²) in [5.41, 5.74) is 4.86. The van der Waals surface area contributed by atoms with Crippen LogP contribution in [0, 0.1) is 12.3 Å². The van der Waals surface area contributed by atoms with Gasteiger partial charge >= 0.3 is 0 Å². The smallest absolute Gasteiger partial charge is 0.254 e. The summed E-state index contributed by atoms with van der Waals surface area (Å²) in [5, 5.41) is 0. The second kappa shape index (κ2) is 7.30. The van der Waals surface area contributed by atoms with Gasteiger partial charge in [-0.1, -0.05) is 12.1 Å². The Labute approximate surface area is 183 Å².